The summed E-state index contributed by atoms with van der Waals surface area (Å²) in [7, 11) is 0. The van der Waals surface area contributed by atoms with Crippen LogP contribution in [-0.4, -0.2) is 22.4 Å². The molecule has 2 N–H and O–H groups in total. The number of unbranched alkanes of at least 4 members (excludes halogenated alkanes) is 2. The quantitative estimate of drug-likeness (QED) is 0.434. The lowest BCUT2D eigenvalue weighted by Gasteiger charge is -2.21. The normalized spacial score (nSPS) is 25.5. The summed E-state index contributed by atoms with van der Waals surface area (Å²) < 4.78 is 0. The van der Waals surface area contributed by atoms with Gasteiger partial charge in [-0.05, 0) is 36.1 Å². The van der Waals surface area contributed by atoms with Gasteiger partial charge in [0.05, 0.1) is 24.5 Å². The number of rotatable bonds is 8. The van der Waals surface area contributed by atoms with Gasteiger partial charge in [-0.15, -0.1) is 11.3 Å². The van der Waals surface area contributed by atoms with Crippen molar-refractivity contribution in [2.45, 2.75) is 82.5 Å². The minimum Gasteiger partial charge on any atom is -0.392 e. The highest BCUT2D eigenvalue weighted by Crippen LogP contribution is 2.50. The van der Waals surface area contributed by atoms with E-state index in [-0.39, 0.29) is 17.9 Å². The fourth-order valence-electron chi connectivity index (χ4n) is 4.38. The zero-order chi connectivity index (χ0) is 20.1. The number of aryl methyl sites for hydroxylation is 1. The number of thiophene rings is 1. The maximum absolute atomic E-state index is 10.8. The Kier molecular flexibility index (Phi) is 7.29. The number of hydrogen-bond donors (Lipinski definition) is 2. The van der Waals surface area contributed by atoms with Crippen molar-refractivity contribution in [3.63, 3.8) is 0 Å². The molecule has 3 unspecified atom stereocenters. The zero-order valence-electron chi connectivity index (χ0n) is 16.8. The highest BCUT2D eigenvalue weighted by atomic mass is 32.1. The molecule has 0 aliphatic heterocycles. The van der Waals surface area contributed by atoms with E-state index >= 15 is 0 Å². The molecule has 28 heavy (non-hydrogen) atoms. The van der Waals surface area contributed by atoms with Crippen LogP contribution < -0.4 is 0 Å². The highest BCUT2D eigenvalue weighted by molar-refractivity contribution is 7.12. The monoisotopic (exact) mass is 397 g/mol. The maximum Gasteiger partial charge on any atom is 0.233 e. The summed E-state index contributed by atoms with van der Waals surface area (Å²) in [6.45, 7) is 11.9. The van der Waals surface area contributed by atoms with Crippen molar-refractivity contribution in [3.05, 3.63) is 68.7 Å². The fraction of sp³-hybridized carbons (Fsp3) is 0.542. The molecule has 4 heteroatoms. The SMILES string of the molecule is [C-]#[N+][C@@H]1C[C@@H](O)C(c2ccc(C(O)CCCCC)s2)C1c1ccc(CC)cc1. The van der Waals surface area contributed by atoms with Crippen molar-refractivity contribution < 1.29 is 10.2 Å². The summed E-state index contributed by atoms with van der Waals surface area (Å²) >= 11 is 1.61. The molecule has 1 aromatic heterocycles. The number of aliphatic hydroxyl groups is 2. The van der Waals surface area contributed by atoms with Crippen LogP contribution in [0.25, 0.3) is 4.85 Å². The van der Waals surface area contributed by atoms with Gasteiger partial charge in [0.2, 0.25) is 6.04 Å². The molecule has 3 rings (SSSR count). The Morgan fingerprint density at radius 1 is 1.11 bits per heavy atom. The summed E-state index contributed by atoms with van der Waals surface area (Å²) in [6.07, 6.45) is 4.67. The summed E-state index contributed by atoms with van der Waals surface area (Å²) in [5.74, 6) is -0.0738. The first-order chi connectivity index (χ1) is 13.6. The molecular formula is C24H31NO2S. The second kappa shape index (κ2) is 9.69. The average molecular weight is 398 g/mol. The van der Waals surface area contributed by atoms with Crippen LogP contribution in [0.15, 0.2) is 36.4 Å². The molecule has 0 spiro atoms. The molecule has 2 aromatic rings. The largest absolute Gasteiger partial charge is 0.392 e. The minimum atomic E-state index is -0.515. The molecule has 0 bridgehead atoms. The third-order valence-corrected chi connectivity index (χ3v) is 7.31. The van der Waals surface area contributed by atoms with Gasteiger partial charge in [0, 0.05) is 15.7 Å². The predicted octanol–water partition coefficient (Wildman–Crippen LogP) is 5.84. The van der Waals surface area contributed by atoms with Gasteiger partial charge < -0.3 is 15.1 Å². The van der Waals surface area contributed by atoms with Crippen LogP contribution in [0.4, 0.5) is 0 Å². The van der Waals surface area contributed by atoms with Crippen molar-refractivity contribution in [3.8, 4) is 0 Å². The predicted molar refractivity (Wildman–Crippen MR) is 116 cm³/mol. The molecule has 0 amide bonds. The molecule has 1 aromatic carbocycles. The highest BCUT2D eigenvalue weighted by Gasteiger charge is 2.48. The van der Waals surface area contributed by atoms with Crippen LogP contribution in [0.5, 0.6) is 0 Å². The summed E-state index contributed by atoms with van der Waals surface area (Å²) in [6, 6.07) is 12.4. The first-order valence-corrected chi connectivity index (χ1v) is 11.3. The Labute approximate surface area is 172 Å². The fourth-order valence-corrected chi connectivity index (χ4v) is 5.62. The molecule has 0 radical (unpaired) electrons. The van der Waals surface area contributed by atoms with E-state index in [0.29, 0.717) is 6.42 Å². The van der Waals surface area contributed by atoms with Gasteiger partial charge >= 0.3 is 0 Å². The standard InChI is InChI=1S/C24H31NO2S/c1-4-6-7-8-19(26)21-13-14-22(28-21)24-20(27)15-18(25-3)23(24)17-11-9-16(5-2)10-12-17/h9-14,18-20,23-24,26-27H,4-8,15H2,1-2H3/t18-,19?,20-,23?,24?/m1/s1. The van der Waals surface area contributed by atoms with Gasteiger partial charge in [-0.2, -0.15) is 0 Å². The number of benzene rings is 1. The lowest BCUT2D eigenvalue weighted by molar-refractivity contribution is 0.161. The van der Waals surface area contributed by atoms with Gasteiger partial charge in [0.25, 0.3) is 0 Å². The van der Waals surface area contributed by atoms with Gasteiger partial charge in [0.1, 0.15) is 0 Å². The van der Waals surface area contributed by atoms with Crippen molar-refractivity contribution in [2.75, 3.05) is 0 Å². The van der Waals surface area contributed by atoms with E-state index in [1.54, 1.807) is 11.3 Å². The Balaban J connectivity index is 1.85. The third kappa shape index (κ3) is 4.49. The molecular weight excluding hydrogens is 366 g/mol. The molecule has 3 nitrogen and oxygen atoms in total. The van der Waals surface area contributed by atoms with Crippen LogP contribution in [0, 0.1) is 6.57 Å². The Bertz CT molecular complexity index is 792. The van der Waals surface area contributed by atoms with Gasteiger partial charge in [-0.25, -0.2) is 6.57 Å². The second-order valence-corrected chi connectivity index (χ2v) is 9.04. The molecule has 150 valence electrons. The average Bonchev–Trinajstić information content (AvgIpc) is 3.32. The van der Waals surface area contributed by atoms with E-state index in [4.69, 9.17) is 6.57 Å². The lowest BCUT2D eigenvalue weighted by atomic mass is 9.85. The summed E-state index contributed by atoms with van der Waals surface area (Å²) in [4.78, 5) is 5.92. The molecule has 1 aliphatic rings. The topological polar surface area (TPSA) is 44.8 Å². The molecule has 1 saturated carbocycles. The molecule has 5 atom stereocenters. The van der Waals surface area contributed by atoms with Crippen LogP contribution in [-0.2, 0) is 6.42 Å². The van der Waals surface area contributed by atoms with E-state index in [1.807, 2.05) is 6.07 Å². The van der Waals surface area contributed by atoms with Gasteiger partial charge in [-0.3, -0.25) is 0 Å². The van der Waals surface area contributed by atoms with E-state index in [0.717, 1.165) is 47.4 Å². The van der Waals surface area contributed by atoms with E-state index in [2.05, 4.69) is 49.0 Å². The van der Waals surface area contributed by atoms with Crippen molar-refractivity contribution in [1.82, 2.24) is 0 Å². The van der Waals surface area contributed by atoms with E-state index < -0.39 is 12.2 Å². The van der Waals surface area contributed by atoms with Crippen molar-refractivity contribution in [2.24, 2.45) is 0 Å². The third-order valence-electron chi connectivity index (χ3n) is 6.02. The first kappa shape index (κ1) is 21.0. The molecule has 1 fully saturated rings. The lowest BCUT2D eigenvalue weighted by Crippen LogP contribution is -2.16. The minimum absolute atomic E-state index is 0.00198. The van der Waals surface area contributed by atoms with E-state index in [9.17, 15) is 10.2 Å². The number of hydrogen-bond acceptors (Lipinski definition) is 3. The number of nitrogens with zero attached hydrogens (tertiary/aromatic N) is 1. The van der Waals surface area contributed by atoms with Crippen LogP contribution >= 0.6 is 11.3 Å². The second-order valence-electron chi connectivity index (χ2n) is 7.90. The smallest absolute Gasteiger partial charge is 0.233 e. The first-order valence-electron chi connectivity index (χ1n) is 10.5. The Morgan fingerprint density at radius 2 is 1.86 bits per heavy atom. The summed E-state index contributed by atoms with van der Waals surface area (Å²) in [5.41, 5.74) is 2.42. The zero-order valence-corrected chi connectivity index (χ0v) is 17.7. The number of aliphatic hydroxyl groups excluding tert-OH is 2. The summed E-state index contributed by atoms with van der Waals surface area (Å²) in [5, 5.41) is 21.3. The van der Waals surface area contributed by atoms with Crippen molar-refractivity contribution >= 4 is 11.3 Å². The van der Waals surface area contributed by atoms with E-state index in [1.165, 1.54) is 5.56 Å². The van der Waals surface area contributed by atoms with Gasteiger partial charge in [-0.1, -0.05) is 57.4 Å². The Morgan fingerprint density at radius 3 is 2.50 bits per heavy atom. The Hall–Kier alpha value is -1.67. The molecule has 1 aliphatic carbocycles. The van der Waals surface area contributed by atoms with Crippen LogP contribution in [0.1, 0.15) is 84.8 Å². The van der Waals surface area contributed by atoms with Crippen LogP contribution in [0.3, 0.4) is 0 Å². The maximum atomic E-state index is 10.8. The van der Waals surface area contributed by atoms with Crippen LogP contribution in [0.2, 0.25) is 0 Å². The molecule has 1 heterocycles. The van der Waals surface area contributed by atoms with Crippen molar-refractivity contribution in [1.29, 1.82) is 0 Å². The van der Waals surface area contributed by atoms with Gasteiger partial charge in [0.15, 0.2) is 0 Å². The molecule has 0 saturated heterocycles.